The van der Waals surface area contributed by atoms with Crippen molar-refractivity contribution in [1.82, 2.24) is 34.4 Å². The Hall–Kier alpha value is -4.28. The van der Waals surface area contributed by atoms with E-state index in [9.17, 15) is 4.79 Å². The quantitative estimate of drug-likeness (QED) is 0.387. The van der Waals surface area contributed by atoms with E-state index in [-0.39, 0.29) is 5.91 Å². The molecule has 1 N–H and O–H groups in total. The maximum atomic E-state index is 13.2. The Morgan fingerprint density at radius 3 is 2.62 bits per heavy atom. The molecule has 10 heteroatoms. The summed E-state index contributed by atoms with van der Waals surface area (Å²) in [5.74, 6) is 0.987. The number of fused-ring (bicyclic) bond motifs is 2. The number of hydrogen-bond donors (Lipinski definition) is 1. The number of morpholine rings is 1. The second kappa shape index (κ2) is 9.79. The fourth-order valence-electron chi connectivity index (χ4n) is 5.46. The van der Waals surface area contributed by atoms with Crippen LogP contribution in [-0.4, -0.2) is 99.8 Å². The summed E-state index contributed by atoms with van der Waals surface area (Å²) in [7, 11) is 2.16. The van der Waals surface area contributed by atoms with Crippen LogP contribution in [0, 0.1) is 0 Å². The van der Waals surface area contributed by atoms with Crippen LogP contribution in [0.5, 0.6) is 0 Å². The predicted molar refractivity (Wildman–Crippen MR) is 150 cm³/mol. The van der Waals surface area contributed by atoms with Crippen LogP contribution in [0.1, 0.15) is 10.4 Å². The summed E-state index contributed by atoms with van der Waals surface area (Å²) in [4.78, 5) is 32.4. The summed E-state index contributed by atoms with van der Waals surface area (Å²) in [6.07, 6.45) is 9.33. The zero-order chi connectivity index (χ0) is 26.3. The minimum Gasteiger partial charge on any atom is -0.378 e. The van der Waals surface area contributed by atoms with Gasteiger partial charge in [-0.3, -0.25) is 4.79 Å². The van der Waals surface area contributed by atoms with Crippen molar-refractivity contribution in [2.75, 3.05) is 64.4 Å². The third-order valence-corrected chi connectivity index (χ3v) is 7.80. The standard InChI is InChI=1S/C29H30N8O2/c1-34-6-8-35(9-7-34)27-16-20(2-4-30-27)22-14-23-24(18-32-28(23)31-17-22)21-3-5-37-26(15-21)25(19-33-37)29(38)36-10-12-39-13-11-36/h2-5,14-19H,6-13H2,1H3,(H,31,32). The van der Waals surface area contributed by atoms with Crippen LogP contribution in [0.15, 0.2) is 61.3 Å². The van der Waals surface area contributed by atoms with Crippen molar-refractivity contribution < 1.29 is 9.53 Å². The van der Waals surface area contributed by atoms with Crippen LogP contribution in [0.4, 0.5) is 5.82 Å². The molecule has 0 unspecified atom stereocenters. The number of carbonyl (C=O) groups excluding carboxylic acids is 1. The van der Waals surface area contributed by atoms with Crippen molar-refractivity contribution in [1.29, 1.82) is 0 Å². The Morgan fingerprint density at radius 2 is 1.77 bits per heavy atom. The van der Waals surface area contributed by atoms with Gasteiger partial charge >= 0.3 is 0 Å². The molecule has 5 aromatic rings. The van der Waals surface area contributed by atoms with Gasteiger partial charge in [-0.05, 0) is 48.5 Å². The summed E-state index contributed by atoms with van der Waals surface area (Å²) < 4.78 is 7.17. The normalized spacial score (nSPS) is 16.8. The Labute approximate surface area is 225 Å². The Kier molecular flexibility index (Phi) is 5.98. The number of likely N-dealkylation sites (N-methyl/N-ethyl adjacent to an activating group) is 1. The van der Waals surface area contributed by atoms with Crippen molar-refractivity contribution >= 4 is 28.3 Å². The van der Waals surface area contributed by atoms with E-state index in [0.29, 0.717) is 31.9 Å². The monoisotopic (exact) mass is 522 g/mol. The summed E-state index contributed by atoms with van der Waals surface area (Å²) in [5.41, 5.74) is 6.36. The summed E-state index contributed by atoms with van der Waals surface area (Å²) >= 11 is 0. The molecular formula is C29H30N8O2. The number of ether oxygens (including phenoxy) is 1. The third kappa shape index (κ3) is 4.41. The molecule has 39 heavy (non-hydrogen) atoms. The van der Waals surface area contributed by atoms with Gasteiger partial charge in [0.1, 0.15) is 11.5 Å². The third-order valence-electron chi connectivity index (χ3n) is 7.80. The first-order chi connectivity index (χ1) is 19.1. The molecule has 10 nitrogen and oxygen atoms in total. The molecule has 0 aliphatic carbocycles. The van der Waals surface area contributed by atoms with Gasteiger partial charge in [0.25, 0.3) is 5.91 Å². The second-order valence-electron chi connectivity index (χ2n) is 10.2. The fourth-order valence-corrected chi connectivity index (χ4v) is 5.46. The number of aromatic nitrogens is 5. The topological polar surface area (TPSA) is 94.9 Å². The van der Waals surface area contributed by atoms with Gasteiger partial charge in [-0.1, -0.05) is 0 Å². The van der Waals surface area contributed by atoms with Gasteiger partial charge in [0, 0.05) is 80.6 Å². The molecule has 0 spiro atoms. The van der Waals surface area contributed by atoms with E-state index in [2.05, 4.69) is 44.0 Å². The molecule has 2 fully saturated rings. The predicted octanol–water partition coefficient (Wildman–Crippen LogP) is 3.16. The SMILES string of the molecule is CN1CCN(c2cc(-c3cnc4[nH]cc(-c5ccn6ncc(C(=O)N7CCOCC7)c6c5)c4c3)ccn2)CC1. The molecule has 2 aliphatic rings. The molecule has 5 aromatic heterocycles. The van der Waals surface area contributed by atoms with Gasteiger partial charge in [-0.15, -0.1) is 0 Å². The van der Waals surface area contributed by atoms with Crippen LogP contribution in [0.2, 0.25) is 0 Å². The van der Waals surface area contributed by atoms with Crippen molar-refractivity contribution in [3.63, 3.8) is 0 Å². The summed E-state index contributed by atoms with van der Waals surface area (Å²) in [6.45, 7) is 6.33. The maximum absolute atomic E-state index is 13.2. The zero-order valence-electron chi connectivity index (χ0n) is 21.9. The largest absolute Gasteiger partial charge is 0.378 e. The molecule has 2 saturated heterocycles. The highest BCUT2D eigenvalue weighted by Gasteiger charge is 2.22. The summed E-state index contributed by atoms with van der Waals surface area (Å²) in [6, 6.07) is 10.4. The molecule has 0 saturated carbocycles. The second-order valence-corrected chi connectivity index (χ2v) is 10.2. The van der Waals surface area contributed by atoms with E-state index in [1.54, 1.807) is 10.7 Å². The first-order valence-corrected chi connectivity index (χ1v) is 13.4. The lowest BCUT2D eigenvalue weighted by molar-refractivity contribution is 0.0304. The van der Waals surface area contributed by atoms with E-state index in [0.717, 1.165) is 70.8 Å². The number of rotatable bonds is 4. The van der Waals surface area contributed by atoms with E-state index < -0.39 is 0 Å². The van der Waals surface area contributed by atoms with E-state index >= 15 is 0 Å². The number of amides is 1. The number of carbonyl (C=O) groups is 1. The van der Waals surface area contributed by atoms with E-state index in [1.165, 1.54) is 0 Å². The average Bonchev–Trinajstić information content (AvgIpc) is 3.61. The zero-order valence-corrected chi connectivity index (χ0v) is 21.9. The van der Waals surface area contributed by atoms with Gasteiger partial charge in [0.05, 0.1) is 30.5 Å². The number of pyridine rings is 3. The average molecular weight is 523 g/mol. The molecule has 198 valence electrons. The first kappa shape index (κ1) is 23.8. The number of nitrogens with zero attached hydrogens (tertiary/aromatic N) is 7. The van der Waals surface area contributed by atoms with Crippen molar-refractivity contribution in [2.24, 2.45) is 0 Å². The number of H-pyrrole nitrogens is 1. The Balaban J connectivity index is 1.23. The molecule has 1 amide bonds. The van der Waals surface area contributed by atoms with E-state index in [1.807, 2.05) is 47.9 Å². The Bertz CT molecular complexity index is 1660. The van der Waals surface area contributed by atoms with Gasteiger partial charge < -0.3 is 24.4 Å². The number of aromatic amines is 1. The van der Waals surface area contributed by atoms with Crippen molar-refractivity contribution in [3.05, 3.63) is 66.9 Å². The molecule has 0 atom stereocenters. The first-order valence-electron chi connectivity index (χ1n) is 13.4. The number of nitrogens with one attached hydrogen (secondary N) is 1. The van der Waals surface area contributed by atoms with Crippen LogP contribution >= 0.6 is 0 Å². The molecule has 2 aliphatic heterocycles. The minimum absolute atomic E-state index is 0.0119. The van der Waals surface area contributed by atoms with Gasteiger partial charge in [-0.2, -0.15) is 5.10 Å². The van der Waals surface area contributed by atoms with Crippen LogP contribution in [0.3, 0.4) is 0 Å². The highest BCUT2D eigenvalue weighted by Crippen LogP contribution is 2.33. The fraction of sp³-hybridized carbons (Fsp3) is 0.310. The lowest BCUT2D eigenvalue weighted by Crippen LogP contribution is -2.44. The van der Waals surface area contributed by atoms with Crippen LogP contribution in [0.25, 0.3) is 38.8 Å². The molecule has 0 bridgehead atoms. The molecule has 0 aromatic carbocycles. The van der Waals surface area contributed by atoms with Crippen molar-refractivity contribution in [2.45, 2.75) is 0 Å². The molecule has 0 radical (unpaired) electrons. The molecule has 7 heterocycles. The van der Waals surface area contributed by atoms with Gasteiger partial charge in [0.2, 0.25) is 0 Å². The van der Waals surface area contributed by atoms with Crippen molar-refractivity contribution in [3.8, 4) is 22.3 Å². The van der Waals surface area contributed by atoms with Crippen LogP contribution in [-0.2, 0) is 4.74 Å². The number of anilines is 1. The van der Waals surface area contributed by atoms with Crippen LogP contribution < -0.4 is 4.90 Å². The van der Waals surface area contributed by atoms with Gasteiger partial charge in [-0.25, -0.2) is 14.5 Å². The molecule has 7 rings (SSSR count). The lowest BCUT2D eigenvalue weighted by Gasteiger charge is -2.33. The number of piperazine rings is 1. The highest BCUT2D eigenvalue weighted by molar-refractivity contribution is 6.02. The smallest absolute Gasteiger partial charge is 0.257 e. The summed E-state index contributed by atoms with van der Waals surface area (Å²) in [5, 5.41) is 5.45. The highest BCUT2D eigenvalue weighted by atomic mass is 16.5. The maximum Gasteiger partial charge on any atom is 0.257 e. The Morgan fingerprint density at radius 1 is 0.923 bits per heavy atom. The minimum atomic E-state index is -0.0119. The number of hydrogen-bond acceptors (Lipinski definition) is 7. The lowest BCUT2D eigenvalue weighted by atomic mass is 10.0. The molecular weight excluding hydrogens is 492 g/mol. The van der Waals surface area contributed by atoms with E-state index in [4.69, 9.17) is 9.72 Å². The van der Waals surface area contributed by atoms with Gasteiger partial charge in [0.15, 0.2) is 0 Å².